The van der Waals surface area contributed by atoms with Gasteiger partial charge in [0.05, 0.1) is 12.7 Å². The summed E-state index contributed by atoms with van der Waals surface area (Å²) in [7, 11) is 0. The summed E-state index contributed by atoms with van der Waals surface area (Å²) in [6.07, 6.45) is 5.89. The fourth-order valence-electron chi connectivity index (χ4n) is 4.05. The Hall–Kier alpha value is -2.78. The molecular weight excluding hydrogens is 426 g/mol. The zero-order valence-corrected chi connectivity index (χ0v) is 19.1. The van der Waals surface area contributed by atoms with E-state index in [1.54, 1.807) is 25.1 Å². The van der Waals surface area contributed by atoms with Crippen LogP contribution in [-0.4, -0.2) is 67.5 Å². The predicted octanol–water partition coefficient (Wildman–Crippen LogP) is 1.72. The summed E-state index contributed by atoms with van der Waals surface area (Å²) in [6.45, 7) is 5.08. The second kappa shape index (κ2) is 12.5. The van der Waals surface area contributed by atoms with Gasteiger partial charge in [-0.15, -0.1) is 0 Å². The van der Waals surface area contributed by atoms with Crippen molar-refractivity contribution in [3.05, 3.63) is 29.3 Å². The van der Waals surface area contributed by atoms with Crippen molar-refractivity contribution in [3.8, 4) is 5.75 Å². The van der Waals surface area contributed by atoms with Crippen LogP contribution < -0.4 is 15.4 Å². The smallest absolute Gasteiger partial charge is 0.261 e. The largest absolute Gasteiger partial charge is 0.494 e. The highest BCUT2D eigenvalue weighted by molar-refractivity contribution is 6.07. The maximum atomic E-state index is 13.0. The number of carbonyl (C=O) groups excluding carboxylic acids is 4. The summed E-state index contributed by atoms with van der Waals surface area (Å²) in [5.41, 5.74) is 0.959. The zero-order chi connectivity index (χ0) is 23.6. The Kier molecular flexibility index (Phi) is 9.38. The number of ether oxygens (including phenoxy) is 2. The molecule has 0 aromatic heterocycles. The van der Waals surface area contributed by atoms with E-state index < -0.39 is 23.8 Å². The second-order valence-electron chi connectivity index (χ2n) is 8.49. The Bertz CT molecular complexity index is 853. The van der Waals surface area contributed by atoms with Gasteiger partial charge in [0.1, 0.15) is 11.8 Å². The van der Waals surface area contributed by atoms with Crippen molar-refractivity contribution in [2.24, 2.45) is 0 Å². The van der Waals surface area contributed by atoms with Crippen LogP contribution in [0.3, 0.4) is 0 Å². The van der Waals surface area contributed by atoms with Crippen molar-refractivity contribution in [2.45, 2.75) is 64.0 Å². The molecule has 2 aliphatic heterocycles. The van der Waals surface area contributed by atoms with Crippen LogP contribution in [0.25, 0.3) is 0 Å². The maximum absolute atomic E-state index is 13.0. The predicted molar refractivity (Wildman–Crippen MR) is 121 cm³/mol. The number of nitrogens with zero attached hydrogens (tertiary/aromatic N) is 1. The quantitative estimate of drug-likeness (QED) is 0.294. The van der Waals surface area contributed by atoms with Gasteiger partial charge in [-0.3, -0.25) is 29.4 Å². The Morgan fingerprint density at radius 3 is 2.61 bits per heavy atom. The highest BCUT2D eigenvalue weighted by Crippen LogP contribution is 2.22. The van der Waals surface area contributed by atoms with Gasteiger partial charge in [-0.05, 0) is 76.2 Å². The molecule has 0 spiro atoms. The molecule has 2 fully saturated rings. The highest BCUT2D eigenvalue weighted by atomic mass is 16.5. The van der Waals surface area contributed by atoms with Gasteiger partial charge < -0.3 is 14.8 Å². The number of aryl methyl sites for hydroxylation is 1. The number of benzene rings is 1. The van der Waals surface area contributed by atoms with Gasteiger partial charge in [0.15, 0.2) is 0 Å². The fourth-order valence-corrected chi connectivity index (χ4v) is 4.05. The molecule has 2 heterocycles. The lowest BCUT2D eigenvalue weighted by Gasteiger charge is -2.28. The Morgan fingerprint density at radius 2 is 1.88 bits per heavy atom. The van der Waals surface area contributed by atoms with E-state index >= 15 is 0 Å². The lowest BCUT2D eigenvalue weighted by molar-refractivity contribution is -0.139. The number of imide groups is 2. The van der Waals surface area contributed by atoms with Gasteiger partial charge in [0.2, 0.25) is 18.2 Å². The van der Waals surface area contributed by atoms with Gasteiger partial charge in [-0.1, -0.05) is 6.07 Å². The third-order valence-corrected chi connectivity index (χ3v) is 6.03. The molecule has 2 aliphatic rings. The van der Waals surface area contributed by atoms with Crippen LogP contribution >= 0.6 is 0 Å². The molecule has 0 radical (unpaired) electrons. The van der Waals surface area contributed by atoms with E-state index in [1.807, 2.05) is 0 Å². The number of nitrogens with one attached hydrogen (secondary N) is 2. The third-order valence-electron chi connectivity index (χ3n) is 6.03. The first kappa shape index (κ1) is 24.9. The molecule has 0 aliphatic carbocycles. The van der Waals surface area contributed by atoms with Crippen LogP contribution in [0.15, 0.2) is 18.2 Å². The van der Waals surface area contributed by atoms with E-state index in [-0.39, 0.29) is 12.8 Å². The van der Waals surface area contributed by atoms with Crippen molar-refractivity contribution in [2.75, 3.05) is 26.3 Å². The van der Waals surface area contributed by atoms with Crippen LogP contribution in [-0.2, 0) is 19.1 Å². The topological polar surface area (TPSA) is 114 Å². The molecule has 0 bridgehead atoms. The summed E-state index contributed by atoms with van der Waals surface area (Å²) in [5.74, 6) is -1.10. The van der Waals surface area contributed by atoms with Crippen LogP contribution in [0.2, 0.25) is 0 Å². The van der Waals surface area contributed by atoms with E-state index in [0.717, 1.165) is 56.7 Å². The molecule has 2 saturated heterocycles. The third kappa shape index (κ3) is 7.10. The first-order valence-corrected chi connectivity index (χ1v) is 11.7. The minimum atomic E-state index is -0.997. The molecule has 9 heteroatoms. The number of hydrogen-bond acceptors (Lipinski definition) is 7. The van der Waals surface area contributed by atoms with Crippen molar-refractivity contribution >= 4 is 24.1 Å². The number of hydrogen-bond donors (Lipinski definition) is 2. The van der Waals surface area contributed by atoms with Gasteiger partial charge in [0, 0.05) is 18.6 Å². The summed E-state index contributed by atoms with van der Waals surface area (Å²) in [4.78, 5) is 49.0. The average Bonchev–Trinajstić information content (AvgIpc) is 2.81. The van der Waals surface area contributed by atoms with Crippen LogP contribution in [0.4, 0.5) is 0 Å². The maximum Gasteiger partial charge on any atom is 0.261 e. The van der Waals surface area contributed by atoms with E-state index in [2.05, 4.69) is 10.6 Å². The zero-order valence-electron chi connectivity index (χ0n) is 19.1. The molecule has 1 aromatic carbocycles. The number of piperidine rings is 2. The lowest BCUT2D eigenvalue weighted by atomic mass is 10.0. The van der Waals surface area contributed by atoms with Crippen molar-refractivity contribution < 1.29 is 28.7 Å². The molecule has 3 rings (SSSR count). The minimum Gasteiger partial charge on any atom is -0.494 e. The average molecular weight is 460 g/mol. The van der Waals surface area contributed by atoms with Gasteiger partial charge in [0.25, 0.3) is 5.91 Å². The first-order chi connectivity index (χ1) is 16.0. The lowest BCUT2D eigenvalue weighted by Crippen LogP contribution is -2.53. The number of unbranched alkanes of at least 4 members (excludes halogenated alkanes) is 2. The van der Waals surface area contributed by atoms with Gasteiger partial charge in [-0.2, -0.15) is 0 Å². The summed E-state index contributed by atoms with van der Waals surface area (Å²) in [5, 5.41) is 5.50. The Morgan fingerprint density at radius 1 is 1.12 bits per heavy atom. The molecule has 1 unspecified atom stereocenters. The molecule has 1 aromatic rings. The standard InChI is InChI=1S/C24H33N3O6/c1-17-5-6-19(33-14-4-2-3-13-32-18-9-11-25-12-10-18)15-20(17)24(31)27(16-28)21-7-8-22(29)26-23(21)30/h5-6,15-16,18,21,25H,2-4,7-14H2,1H3,(H,26,29,30). The van der Waals surface area contributed by atoms with E-state index in [4.69, 9.17) is 9.47 Å². The molecule has 9 nitrogen and oxygen atoms in total. The Labute approximate surface area is 194 Å². The van der Waals surface area contributed by atoms with Crippen LogP contribution in [0.1, 0.15) is 60.9 Å². The monoisotopic (exact) mass is 459 g/mol. The van der Waals surface area contributed by atoms with E-state index in [0.29, 0.717) is 36.0 Å². The molecule has 2 N–H and O–H groups in total. The molecule has 33 heavy (non-hydrogen) atoms. The molecule has 4 amide bonds. The number of rotatable bonds is 11. The van der Waals surface area contributed by atoms with E-state index in [9.17, 15) is 19.2 Å². The van der Waals surface area contributed by atoms with Crippen molar-refractivity contribution in [3.63, 3.8) is 0 Å². The first-order valence-electron chi connectivity index (χ1n) is 11.7. The van der Waals surface area contributed by atoms with Crippen molar-refractivity contribution in [1.82, 2.24) is 15.5 Å². The molecule has 0 saturated carbocycles. The van der Waals surface area contributed by atoms with Crippen molar-refractivity contribution in [1.29, 1.82) is 0 Å². The minimum absolute atomic E-state index is 0.0824. The second-order valence-corrected chi connectivity index (χ2v) is 8.49. The SMILES string of the molecule is Cc1ccc(OCCCCCOC2CCNCC2)cc1C(=O)N(C=O)C1CCC(=O)NC1=O. The number of amides is 4. The van der Waals surface area contributed by atoms with Gasteiger partial charge in [-0.25, -0.2) is 0 Å². The summed E-state index contributed by atoms with van der Waals surface area (Å²) >= 11 is 0. The summed E-state index contributed by atoms with van der Waals surface area (Å²) in [6, 6.07) is 4.14. The molecular formula is C24H33N3O6. The molecule has 180 valence electrons. The number of carbonyl (C=O) groups is 4. The highest BCUT2D eigenvalue weighted by Gasteiger charge is 2.35. The Balaban J connectivity index is 1.47. The van der Waals surface area contributed by atoms with Crippen LogP contribution in [0.5, 0.6) is 5.75 Å². The summed E-state index contributed by atoms with van der Waals surface area (Å²) < 4.78 is 11.7. The molecule has 1 atom stereocenters. The van der Waals surface area contributed by atoms with E-state index in [1.165, 1.54) is 0 Å². The van der Waals surface area contributed by atoms with Crippen LogP contribution in [0, 0.1) is 6.92 Å². The fraction of sp³-hybridized carbons (Fsp3) is 0.583. The normalized spacial score (nSPS) is 19.1. The van der Waals surface area contributed by atoms with Gasteiger partial charge >= 0.3 is 0 Å².